The molecule has 4 amide bonds. The Labute approximate surface area is 574 Å². The summed E-state index contributed by atoms with van der Waals surface area (Å²) < 4.78 is 70.4. The third kappa shape index (κ3) is 15.7. The number of rotatable bonds is 14. The van der Waals surface area contributed by atoms with Crippen molar-refractivity contribution in [2.45, 2.75) is 183 Å². The molecule has 6 aromatic rings. The monoisotopic (exact) mass is 1400 g/mol. The SMILES string of the molecule is Cc1ccc2nc(O[C@@H]3C[C@H]4C(=O)C[C@]5(C(=O)NS(=O)(=O)C6CC6)C[C@H]5/C=C\CCCCC[C@H](Cc5ccccc5)C(=O)N4C3)sc2c1.O=C1C[C@]2(C(=O)NS(=O)(=O)C3CC3)C[C@H]2/C=C\CCCCC[C@H](Cc2ccccc2)C(=O)N2C[C@H](Oc3nc4ccc(Cl)cc4s3)C[C@@H]12. The van der Waals surface area contributed by atoms with E-state index in [-0.39, 0.29) is 85.8 Å². The van der Waals surface area contributed by atoms with Crippen LogP contribution >= 0.6 is 34.3 Å². The van der Waals surface area contributed by atoms with Crippen molar-refractivity contribution >= 4 is 110 Å². The summed E-state index contributed by atoms with van der Waals surface area (Å²) >= 11 is 9.00. The van der Waals surface area contributed by atoms with Crippen molar-refractivity contribution in [3.05, 3.63) is 143 Å². The Kier molecular flexibility index (Phi) is 20.1. The molecule has 18 nitrogen and oxygen atoms in total. The first-order chi connectivity index (χ1) is 46.2. The van der Waals surface area contributed by atoms with E-state index >= 15 is 0 Å². The first-order valence-corrected chi connectivity index (χ1v) is 39.3. The normalized spacial score (nSPS) is 29.0. The first-order valence-electron chi connectivity index (χ1n) is 34.2. The van der Waals surface area contributed by atoms with Crippen molar-refractivity contribution in [1.82, 2.24) is 29.2 Å². The minimum atomic E-state index is -3.78. The van der Waals surface area contributed by atoms with Gasteiger partial charge in [-0.3, -0.25) is 38.2 Å². The number of thiazole rings is 2. The van der Waals surface area contributed by atoms with Gasteiger partial charge in [-0.2, -0.15) is 0 Å². The number of carbonyl (C=O) groups is 6. The van der Waals surface area contributed by atoms with Crippen molar-refractivity contribution in [2.75, 3.05) is 13.1 Å². The fraction of sp³-hybridized carbons (Fsp3) is 0.507. The summed E-state index contributed by atoms with van der Waals surface area (Å²) in [7, 11) is -7.56. The summed E-state index contributed by atoms with van der Waals surface area (Å²) in [4.78, 5) is 97.7. The number of hydrogen-bond donors (Lipinski definition) is 2. The number of Topliss-reactive ketones (excluding diaryl/α,β-unsaturated/α-hetero) is 2. The Bertz CT molecular complexity index is 3950. The summed E-state index contributed by atoms with van der Waals surface area (Å²) in [5.74, 6) is -2.92. The second-order valence-electron chi connectivity index (χ2n) is 28.0. The van der Waals surface area contributed by atoms with E-state index in [0.29, 0.717) is 79.6 Å². The van der Waals surface area contributed by atoms with Crippen molar-refractivity contribution in [3.8, 4) is 10.4 Å². The van der Waals surface area contributed by atoms with Gasteiger partial charge in [0.1, 0.15) is 12.2 Å². The molecule has 23 heteroatoms. The molecular formula is C73H83ClN6O12S4. The molecule has 4 aliphatic carbocycles. The van der Waals surface area contributed by atoms with E-state index in [9.17, 15) is 45.6 Å². The topological polar surface area (TPSA) is 245 Å². The zero-order valence-corrected chi connectivity index (χ0v) is 58.0. The Balaban J connectivity index is 0.000000174. The molecule has 10 atom stereocenters. The summed E-state index contributed by atoms with van der Waals surface area (Å²) in [5.41, 5.74) is 2.56. The van der Waals surface area contributed by atoms with Crippen LogP contribution in [0.25, 0.3) is 20.4 Å². The average molecular weight is 1400 g/mol. The quantitative estimate of drug-likeness (QED) is 0.0964. The predicted molar refractivity (Wildman–Crippen MR) is 370 cm³/mol. The second-order valence-corrected chi connectivity index (χ2v) is 34.3. The van der Waals surface area contributed by atoms with E-state index in [2.05, 4.69) is 37.6 Å². The molecule has 0 spiro atoms. The van der Waals surface area contributed by atoms with Crippen LogP contribution in [-0.4, -0.2) is 120 Å². The largest absolute Gasteiger partial charge is 0.465 e. The Hall–Kier alpha value is -6.85. The van der Waals surface area contributed by atoms with Crippen LogP contribution in [0.2, 0.25) is 5.02 Å². The van der Waals surface area contributed by atoms with Crippen LogP contribution < -0.4 is 18.9 Å². The fourth-order valence-electron chi connectivity index (χ4n) is 14.7. The molecule has 96 heavy (non-hydrogen) atoms. The van der Waals surface area contributed by atoms with E-state index in [1.165, 1.54) is 22.7 Å². The number of aryl methyl sites for hydroxylation is 1. The standard InChI is InChI=1S/C37H43N3O6S2.C36H40ClN3O6S2/c1-24-14-17-30-33(18-24)47-36(38-30)46-28-20-31-32(41)22-37(35(43)39-48(44,45)29-15-16-29)21-27(37)13-9-4-2-3-8-12-26(34(42)40(31)23-28)19-25-10-6-5-7-11-25;37-26-13-16-29-32(18-26)47-35(38-29)46-27-19-30-31(41)21-36(34(43)39-48(44,45)28-14-15-28)20-25(36)12-8-3-1-2-7-11-24(33(42)40(30)22-27)17-23-9-5-4-6-10-23/h5-7,9-11,13-14,17-18,26-29,31H,2-4,8,12,15-16,19-23H2,1H3,(H,39,43);4-6,8-10,12-13,16,18,24-25,27-28,30H,1-3,7,11,14-15,17,19-22H2,(H,39,43)/b13-9-;12-8-/t26-,27-,28-,31+,37-;24-,25-,27-,30+,36-/m11/s1. The maximum Gasteiger partial charge on any atom is 0.274 e. The molecule has 6 fully saturated rings. The number of hydrogen-bond acceptors (Lipinski definition) is 16. The molecule has 4 aliphatic heterocycles. The van der Waals surface area contributed by atoms with Gasteiger partial charge in [0.2, 0.25) is 43.7 Å². The number of fused-ring (bicyclic) bond motifs is 6. The average Bonchev–Trinajstić information content (AvgIpc) is 1.58. The minimum Gasteiger partial charge on any atom is -0.465 e. The third-order valence-corrected chi connectivity index (χ3v) is 26.4. The molecule has 2 saturated heterocycles. The minimum absolute atomic E-state index is 0.0709. The van der Waals surface area contributed by atoms with Crippen LogP contribution in [0.5, 0.6) is 10.4 Å². The lowest BCUT2D eigenvalue weighted by molar-refractivity contribution is -0.142. The van der Waals surface area contributed by atoms with E-state index in [4.69, 9.17) is 21.1 Å². The van der Waals surface area contributed by atoms with Crippen molar-refractivity contribution < 1.29 is 55.1 Å². The van der Waals surface area contributed by atoms with E-state index < -0.39 is 77.5 Å². The number of nitrogens with zero attached hydrogens (tertiary/aromatic N) is 4. The number of carbonyl (C=O) groups excluding carboxylic acids is 6. The van der Waals surface area contributed by atoms with Crippen molar-refractivity contribution in [1.29, 1.82) is 0 Å². The molecule has 8 aliphatic rings. The van der Waals surface area contributed by atoms with Crippen LogP contribution in [0.15, 0.2) is 121 Å². The van der Waals surface area contributed by atoms with Gasteiger partial charge in [-0.1, -0.05) is 151 Å². The van der Waals surface area contributed by atoms with Gasteiger partial charge < -0.3 is 19.3 Å². The van der Waals surface area contributed by atoms with Gasteiger partial charge in [0.25, 0.3) is 10.4 Å². The summed E-state index contributed by atoms with van der Waals surface area (Å²) in [6, 6.07) is 29.8. The van der Waals surface area contributed by atoms with Gasteiger partial charge in [-0.15, -0.1) is 0 Å². The summed E-state index contributed by atoms with van der Waals surface area (Å²) in [6.45, 7) is 2.49. The molecule has 0 radical (unpaired) electrons. The van der Waals surface area contributed by atoms with Gasteiger partial charge in [-0.25, -0.2) is 26.8 Å². The molecule has 508 valence electrons. The summed E-state index contributed by atoms with van der Waals surface area (Å²) in [5, 5.41) is 0.440. The highest BCUT2D eigenvalue weighted by atomic mass is 35.5. The lowest BCUT2D eigenvalue weighted by Gasteiger charge is -2.29. The van der Waals surface area contributed by atoms with E-state index in [1.54, 1.807) is 15.9 Å². The van der Waals surface area contributed by atoms with Gasteiger partial charge >= 0.3 is 0 Å². The Morgan fingerprint density at radius 1 is 0.573 bits per heavy atom. The lowest BCUT2D eigenvalue weighted by atomic mass is 9.90. The number of benzene rings is 4. The lowest BCUT2D eigenvalue weighted by Crippen LogP contribution is -2.46. The smallest absolute Gasteiger partial charge is 0.274 e. The summed E-state index contributed by atoms with van der Waals surface area (Å²) in [6.07, 6.45) is 20.2. The number of aromatic nitrogens is 2. The highest BCUT2D eigenvalue weighted by Crippen LogP contribution is 2.59. The predicted octanol–water partition coefficient (Wildman–Crippen LogP) is 12.2. The van der Waals surface area contributed by atoms with Crippen LogP contribution in [0.4, 0.5) is 0 Å². The number of allylic oxidation sites excluding steroid dienone is 4. The molecule has 4 saturated carbocycles. The van der Waals surface area contributed by atoms with Gasteiger partial charge in [0, 0.05) is 42.5 Å². The highest BCUT2D eigenvalue weighted by Gasteiger charge is 2.63. The van der Waals surface area contributed by atoms with E-state index in [1.807, 2.05) is 104 Å². The van der Waals surface area contributed by atoms with Crippen LogP contribution in [0, 0.1) is 41.4 Å². The molecule has 0 bridgehead atoms. The fourth-order valence-corrected chi connectivity index (χ4v) is 19.6. The Morgan fingerprint density at radius 3 is 1.46 bits per heavy atom. The molecule has 2 N–H and O–H groups in total. The number of nitrogens with one attached hydrogen (secondary N) is 2. The zero-order valence-electron chi connectivity index (χ0n) is 54.0. The molecular weight excluding hydrogens is 1320 g/mol. The van der Waals surface area contributed by atoms with E-state index in [0.717, 1.165) is 88.5 Å². The van der Waals surface area contributed by atoms with Gasteiger partial charge in [0.05, 0.1) is 66.9 Å². The number of sulfonamides is 2. The molecule has 6 heterocycles. The Morgan fingerprint density at radius 2 is 1.01 bits per heavy atom. The number of ether oxygens (including phenoxy) is 2. The van der Waals surface area contributed by atoms with Crippen LogP contribution in [-0.2, 0) is 61.7 Å². The first kappa shape index (κ1) is 67.7. The second kappa shape index (κ2) is 28.5. The third-order valence-electron chi connectivity index (χ3n) is 20.7. The van der Waals surface area contributed by atoms with Crippen LogP contribution in [0.1, 0.15) is 145 Å². The molecule has 0 unspecified atom stereocenters. The maximum absolute atomic E-state index is 14.5. The van der Waals surface area contributed by atoms with Crippen LogP contribution in [0.3, 0.4) is 0 Å². The zero-order chi connectivity index (χ0) is 66.9. The molecule has 4 aromatic carbocycles. The highest BCUT2D eigenvalue weighted by molar-refractivity contribution is 7.91. The van der Waals surface area contributed by atoms with Crippen molar-refractivity contribution in [3.63, 3.8) is 0 Å². The maximum atomic E-state index is 14.5. The number of amides is 4. The number of halogens is 1. The molecule has 14 rings (SSSR count). The van der Waals surface area contributed by atoms with Gasteiger partial charge in [-0.05, 0) is 156 Å². The molecule has 2 aromatic heterocycles. The number of ketones is 2. The van der Waals surface area contributed by atoms with Crippen molar-refractivity contribution in [2.24, 2.45) is 34.5 Å². The van der Waals surface area contributed by atoms with Gasteiger partial charge in [0.15, 0.2) is 11.6 Å².